The third kappa shape index (κ3) is 60.5. The first kappa shape index (κ1) is 135. The van der Waals surface area contributed by atoms with E-state index in [0.29, 0.717) is 87.3 Å². The van der Waals surface area contributed by atoms with Crippen molar-refractivity contribution in [3.63, 3.8) is 0 Å². The van der Waals surface area contributed by atoms with Gasteiger partial charge < -0.3 is 4.42 Å². The predicted molar refractivity (Wildman–Crippen MR) is 652 cm³/mol. The third-order valence-corrected chi connectivity index (χ3v) is 24.9. The number of pyridine rings is 5. The molecule has 14 aromatic rings. The molecular formula is C131H193N15OS2. The average Bonchev–Trinajstić information content (AvgIpc) is 1.44. The molecule has 16 nitrogen and oxygen atoms in total. The average molecular weight is 2060 g/mol. The number of hydrogen-bond donors (Lipinski definition) is 0. The van der Waals surface area contributed by atoms with Crippen LogP contribution in [0.2, 0.25) is 0 Å². The molecule has 0 N–H and O–H groups in total. The van der Waals surface area contributed by atoms with Crippen LogP contribution in [0.5, 0.6) is 0 Å². The number of thiophene rings is 2. The van der Waals surface area contributed by atoms with E-state index < -0.39 is 0 Å². The molecule has 0 fully saturated rings. The summed E-state index contributed by atoms with van der Waals surface area (Å²) in [4.78, 5) is 46.5. The number of allylic oxidation sites excluding steroid dienone is 3. The Kier molecular flexibility index (Phi) is 66.3. The highest BCUT2D eigenvalue weighted by Crippen LogP contribution is 2.29. The van der Waals surface area contributed by atoms with Crippen LogP contribution in [0.3, 0.4) is 0 Å². The summed E-state index contributed by atoms with van der Waals surface area (Å²) in [6.07, 6.45) is 33.8. The van der Waals surface area contributed by atoms with Crippen molar-refractivity contribution in [3.05, 3.63) is 393 Å². The summed E-state index contributed by atoms with van der Waals surface area (Å²) >= 11 is 3.60. The van der Waals surface area contributed by atoms with E-state index in [0.717, 1.165) is 47.9 Å². The molecule has 14 heterocycles. The van der Waals surface area contributed by atoms with E-state index in [9.17, 15) is 0 Å². The summed E-state index contributed by atoms with van der Waals surface area (Å²) in [5.41, 5.74) is 23.8. The molecule has 3 aromatic carbocycles. The van der Waals surface area contributed by atoms with Gasteiger partial charge in [-0.25, -0.2) is 15.0 Å². The summed E-state index contributed by atoms with van der Waals surface area (Å²) < 4.78 is 8.51. The van der Waals surface area contributed by atoms with Crippen LogP contribution >= 0.6 is 22.7 Å². The molecular weight excluding hydrogens is 1860 g/mol. The van der Waals surface area contributed by atoms with Crippen LogP contribution in [-0.4, -0.2) is 96.7 Å². The number of aryl methyl sites for hydroxylation is 3. The molecule has 0 amide bonds. The molecule has 3 aliphatic rings. The maximum atomic E-state index is 4.76. The van der Waals surface area contributed by atoms with Crippen LogP contribution in [0.4, 0.5) is 0 Å². The zero-order valence-electron chi connectivity index (χ0n) is 98.4. The van der Waals surface area contributed by atoms with Crippen LogP contribution in [-0.2, 0) is 35.8 Å². The first-order valence-corrected chi connectivity index (χ1v) is 54.9. The lowest BCUT2D eigenvalue weighted by Gasteiger charge is -2.18. The molecule has 18 heteroatoms. The van der Waals surface area contributed by atoms with Crippen molar-refractivity contribution in [2.24, 2.45) is 46.8 Å². The standard InChI is InChI=1S/C12H13N.C10H14.C9H13N.C9H12.C8H14N2.C8H13N.3C8H11N.2C8H12S.C7H10N2.C7H12N2.2C7H11N.C6H9NO.CH4/c1-9(2)11-7-10-5-3-4-6-12(10)13-8-11;1-10(2,3)9-7-5-4-6-8-9;1-9(2,3)8-6-4-5-7-10-8;1-8(2)9-6-4-3-5-7-9;1-6(2)8-5-7(3)10(4)9-8;1-6(2)8-4-7(3)5-9-8;2*1-7(2)8-3-5-9-6-4-8;1-7(2)8-5-3-4-6-9-8;1-8(2,3)7-4-5-9-6-7;1-8(2,3)7-5-4-6-9-7;1-6(2)7-3-8-5-9-4-7;1-6(2)7-4-5-9(3)8-7;1-6(2)7-3-4-8-5-7;1-6(2)7-4-3-5-8-7;1-5(2)6-3-8-4-7-6;/h3-9H,1-2H3;4-8H,1-3H3;4-7H,1-3H3;3-8H,1-2H3;5-6H,1-4H3;4,6H,5H2,1-3H3;3*3-7H,1-2H3;2*4-6H,1-3H3;3-6H,1-2H3;4-6H,1-3H3;3,5-6H,4H2,1-2H3;3-4,6H,5H2,1-2H3;3-5H,1-2H3;1H4. The molecule has 11 aromatic heterocycles. The van der Waals surface area contributed by atoms with E-state index in [-0.39, 0.29) is 12.8 Å². The van der Waals surface area contributed by atoms with Gasteiger partial charge in [-0.3, -0.25) is 49.3 Å². The fraction of sp³-hybridized carbons (Fsp3) is 0.458. The Hall–Kier alpha value is -12.0. The topological polar surface area (TPSA) is 189 Å². The summed E-state index contributed by atoms with van der Waals surface area (Å²) in [5, 5.41) is 16.2. The second kappa shape index (κ2) is 73.2. The van der Waals surface area contributed by atoms with Gasteiger partial charge in [0.2, 0.25) is 0 Å². The van der Waals surface area contributed by atoms with Crippen LogP contribution in [0.25, 0.3) is 10.9 Å². The minimum atomic E-state index is 0. The molecule has 0 atom stereocenters. The number of benzene rings is 3. The van der Waals surface area contributed by atoms with Gasteiger partial charge in [0.25, 0.3) is 0 Å². The Labute approximate surface area is 913 Å². The van der Waals surface area contributed by atoms with Crippen molar-refractivity contribution in [1.82, 2.24) is 59.4 Å². The van der Waals surface area contributed by atoms with E-state index in [1.54, 1.807) is 23.9 Å². The van der Waals surface area contributed by atoms with Gasteiger partial charge in [0.05, 0.1) is 42.2 Å². The molecule has 0 bridgehead atoms. The van der Waals surface area contributed by atoms with E-state index in [2.05, 4.69) is 466 Å². The Morgan fingerprint density at radius 3 is 1.17 bits per heavy atom. The lowest BCUT2D eigenvalue weighted by Crippen LogP contribution is -2.12. The number of para-hydroxylation sites is 1. The maximum absolute atomic E-state index is 4.76. The van der Waals surface area contributed by atoms with E-state index >= 15 is 0 Å². The second-order valence-electron chi connectivity index (χ2n) is 44.5. The van der Waals surface area contributed by atoms with Crippen molar-refractivity contribution in [3.8, 4) is 0 Å². The molecule has 0 aliphatic carbocycles. The van der Waals surface area contributed by atoms with Gasteiger partial charge in [-0.05, 0) is 259 Å². The summed E-state index contributed by atoms with van der Waals surface area (Å²) in [5.74, 6) is 6.96. The Morgan fingerprint density at radius 1 is 0.376 bits per heavy atom. The summed E-state index contributed by atoms with van der Waals surface area (Å²) in [6.45, 7) is 85.3. The maximum Gasteiger partial charge on any atom is 0.180 e. The van der Waals surface area contributed by atoms with E-state index in [1.165, 1.54) is 89.6 Å². The zero-order valence-corrected chi connectivity index (χ0v) is 100. The van der Waals surface area contributed by atoms with Gasteiger partial charge in [0, 0.05) is 126 Å². The highest BCUT2D eigenvalue weighted by Gasteiger charge is 2.17. The Bertz CT molecular complexity index is 5460. The molecule has 3 aliphatic heterocycles. The fourth-order valence-corrected chi connectivity index (χ4v) is 14.4. The zero-order chi connectivity index (χ0) is 111. The molecule has 0 saturated heterocycles. The quantitative estimate of drug-likeness (QED) is 0.113. The molecule has 0 radical (unpaired) electrons. The van der Waals surface area contributed by atoms with Crippen LogP contribution < -0.4 is 0 Å². The fourth-order valence-electron chi connectivity index (χ4n) is 12.7. The Morgan fingerprint density at radius 2 is 0.886 bits per heavy atom. The molecule has 17 rings (SSSR count). The van der Waals surface area contributed by atoms with Gasteiger partial charge in [-0.1, -0.05) is 371 Å². The van der Waals surface area contributed by atoms with Gasteiger partial charge in [0.15, 0.2) is 6.39 Å². The SMILES string of the molecule is C.CC(C)(C)c1ccccc1.CC(C)(C)c1ccccn1.CC(C)(C)c1cccs1.CC(C)(C)c1ccsc1.CC(C)C1=CCN=C1.CC(C)C1=NCC=C1.CC(C)c1ccccc1.CC(C)c1ccccn1.CC(C)c1ccn(C)n1.CC(C)c1ccncc1.CC(C)c1ccncc1.CC(C)c1cnc2ccccc2c1.CC(C)c1cncnc1.CC(C)c1cocn1.CC1=CC(C(C)C)=NC1.Cc1cc(C(C)C)nn1C. The predicted octanol–water partition coefficient (Wildman–Crippen LogP) is 37.0. The normalized spacial score (nSPS) is 11.9. The highest BCUT2D eigenvalue weighted by atomic mass is 32.1. The largest absolute Gasteiger partial charge is 0.451 e. The van der Waals surface area contributed by atoms with Crippen molar-refractivity contribution >= 4 is 51.2 Å². The summed E-state index contributed by atoms with van der Waals surface area (Å²) in [7, 11) is 3.91. The third-order valence-electron chi connectivity index (χ3n) is 22.9. The van der Waals surface area contributed by atoms with Crippen molar-refractivity contribution < 1.29 is 4.42 Å². The summed E-state index contributed by atoms with van der Waals surface area (Å²) in [6, 6.07) is 62.4. The Balaban J connectivity index is 0.000000795. The number of oxazole rings is 1. The van der Waals surface area contributed by atoms with Crippen LogP contribution in [0.1, 0.15) is 395 Å². The van der Waals surface area contributed by atoms with Crippen molar-refractivity contribution in [2.75, 3.05) is 19.6 Å². The highest BCUT2D eigenvalue weighted by molar-refractivity contribution is 7.10. The van der Waals surface area contributed by atoms with Crippen molar-refractivity contribution in [1.29, 1.82) is 0 Å². The van der Waals surface area contributed by atoms with E-state index in [1.807, 2.05) is 188 Å². The lowest BCUT2D eigenvalue weighted by atomic mass is 9.87. The molecule has 0 unspecified atom stereocenters. The number of rotatable bonds is 12. The van der Waals surface area contributed by atoms with Gasteiger partial charge in [-0.2, -0.15) is 21.5 Å². The molecule has 149 heavy (non-hydrogen) atoms. The first-order valence-electron chi connectivity index (χ1n) is 53.0. The van der Waals surface area contributed by atoms with Crippen molar-refractivity contribution in [2.45, 2.75) is 345 Å². The van der Waals surface area contributed by atoms with Crippen LogP contribution in [0.15, 0.2) is 334 Å². The molecule has 0 spiro atoms. The first-order chi connectivity index (χ1) is 69.6. The van der Waals surface area contributed by atoms with E-state index in [4.69, 9.17) is 4.42 Å². The van der Waals surface area contributed by atoms with Gasteiger partial charge in [-0.15, -0.1) is 11.3 Å². The minimum Gasteiger partial charge on any atom is -0.451 e. The number of nitrogens with zero attached hydrogens (tertiary/aromatic N) is 15. The van der Waals surface area contributed by atoms with Crippen LogP contribution in [0, 0.1) is 24.7 Å². The smallest absolute Gasteiger partial charge is 0.180 e. The second-order valence-corrected chi connectivity index (χ2v) is 46.3. The monoisotopic (exact) mass is 2060 g/mol. The number of fused-ring (bicyclic) bond motifs is 1. The lowest BCUT2D eigenvalue weighted by molar-refractivity contribution is 0.555. The molecule has 0 saturated carbocycles. The number of aliphatic imine (C=N–C) groups is 3. The van der Waals surface area contributed by atoms with Gasteiger partial charge >= 0.3 is 0 Å². The minimum absolute atomic E-state index is 0. The number of aromatic nitrogens is 12. The van der Waals surface area contributed by atoms with Gasteiger partial charge in [0.1, 0.15) is 12.6 Å². The molecule has 810 valence electrons. The number of hydrogen-bond acceptors (Lipinski definition) is 16.